The number of likely N-dealkylation sites (tertiary alicyclic amines) is 1. The maximum Gasteiger partial charge on any atom is 0.337 e. The lowest BCUT2D eigenvalue weighted by molar-refractivity contribution is -0.118. The minimum Gasteiger partial charge on any atom is -0.478 e. The van der Waals surface area contributed by atoms with Crippen molar-refractivity contribution < 1.29 is 14.7 Å². The zero-order chi connectivity index (χ0) is 25.9. The average molecular weight is 496 g/mol. The van der Waals surface area contributed by atoms with Gasteiger partial charge in [0.15, 0.2) is 0 Å². The van der Waals surface area contributed by atoms with Gasteiger partial charge in [-0.15, -0.1) is 0 Å². The molecule has 2 heterocycles. The first-order valence-electron chi connectivity index (χ1n) is 12.9. The Morgan fingerprint density at radius 1 is 0.973 bits per heavy atom. The molecule has 1 saturated heterocycles. The van der Waals surface area contributed by atoms with Gasteiger partial charge in [0.05, 0.1) is 16.8 Å². The van der Waals surface area contributed by atoms with Crippen molar-refractivity contribution in [1.82, 2.24) is 9.47 Å². The number of anilines is 1. The number of hydrogen-bond donors (Lipinski definition) is 2. The molecule has 0 aliphatic carbocycles. The molecule has 5 rings (SSSR count). The van der Waals surface area contributed by atoms with E-state index in [9.17, 15) is 14.7 Å². The first-order valence-corrected chi connectivity index (χ1v) is 12.9. The maximum atomic E-state index is 12.1. The van der Waals surface area contributed by atoms with Crippen LogP contribution in [0.3, 0.4) is 0 Å². The van der Waals surface area contributed by atoms with Crippen LogP contribution in [0, 0.1) is 5.92 Å². The third-order valence-electron chi connectivity index (χ3n) is 7.29. The molecule has 0 bridgehead atoms. The Bertz CT molecular complexity index is 1430. The molecule has 3 aromatic carbocycles. The molecule has 37 heavy (non-hydrogen) atoms. The molecule has 0 spiro atoms. The summed E-state index contributed by atoms with van der Waals surface area (Å²) in [6.45, 7) is 6.75. The van der Waals surface area contributed by atoms with Crippen molar-refractivity contribution in [3.8, 4) is 5.69 Å². The van der Waals surface area contributed by atoms with Gasteiger partial charge >= 0.3 is 5.97 Å². The number of carboxylic acid groups (broad SMARTS) is 1. The van der Waals surface area contributed by atoms with Gasteiger partial charge in [0.1, 0.15) is 0 Å². The van der Waals surface area contributed by atoms with Gasteiger partial charge in [-0.1, -0.05) is 44.2 Å². The van der Waals surface area contributed by atoms with E-state index in [1.165, 1.54) is 11.1 Å². The lowest BCUT2D eigenvalue weighted by Crippen LogP contribution is -2.32. The Morgan fingerprint density at radius 2 is 1.76 bits per heavy atom. The second-order valence-corrected chi connectivity index (χ2v) is 10.2. The molecule has 0 unspecified atom stereocenters. The molecule has 6 nitrogen and oxygen atoms in total. The van der Waals surface area contributed by atoms with Crippen molar-refractivity contribution >= 4 is 28.5 Å². The minimum absolute atomic E-state index is 0.0368. The lowest BCUT2D eigenvalue weighted by atomic mass is 9.89. The number of amides is 1. The van der Waals surface area contributed by atoms with Crippen LogP contribution >= 0.6 is 0 Å². The molecule has 0 radical (unpaired) electrons. The van der Waals surface area contributed by atoms with E-state index in [0.717, 1.165) is 49.1 Å². The largest absolute Gasteiger partial charge is 0.478 e. The maximum absolute atomic E-state index is 12.1. The first-order chi connectivity index (χ1) is 17.9. The molecule has 1 amide bonds. The van der Waals surface area contributed by atoms with Gasteiger partial charge in [0.25, 0.3) is 0 Å². The smallest absolute Gasteiger partial charge is 0.337 e. The number of carbonyl (C=O) groups is 2. The molecule has 2 N–H and O–H groups in total. The number of nitrogens with zero attached hydrogens (tertiary/aromatic N) is 2. The molecule has 190 valence electrons. The Morgan fingerprint density at radius 3 is 2.51 bits per heavy atom. The molecular formula is C31H33N3O3. The van der Waals surface area contributed by atoms with E-state index < -0.39 is 5.97 Å². The standard InChI is InChI=1S/C31H33N3O3/c1-21(2)30(35)32-26-7-5-6-24(19-26)23-12-15-33(16-13-23)20-22-10-11-28-25(18-22)14-17-34(28)29-9-4-3-8-27(29)31(36)37/h3-11,14,17-19,21,23H,12-13,15-16,20H2,1-2H3,(H,32,35)(H,36,37). The van der Waals surface area contributed by atoms with Crippen LogP contribution in [0.1, 0.15) is 54.1 Å². The number of nitrogens with one attached hydrogen (secondary N) is 1. The van der Waals surface area contributed by atoms with Gasteiger partial charge in [-0.3, -0.25) is 9.69 Å². The van der Waals surface area contributed by atoms with Gasteiger partial charge in [-0.2, -0.15) is 0 Å². The second kappa shape index (κ2) is 10.6. The molecule has 1 aromatic heterocycles. The lowest BCUT2D eigenvalue weighted by Gasteiger charge is -2.32. The molecule has 6 heteroatoms. The zero-order valence-corrected chi connectivity index (χ0v) is 21.4. The Kier molecular flexibility index (Phi) is 7.10. The monoisotopic (exact) mass is 495 g/mol. The number of rotatable bonds is 7. The Hall–Kier alpha value is -3.90. The molecule has 1 aliphatic rings. The Labute approximate surface area is 217 Å². The average Bonchev–Trinajstić information content (AvgIpc) is 3.32. The number of benzene rings is 3. The minimum atomic E-state index is -0.926. The highest BCUT2D eigenvalue weighted by Crippen LogP contribution is 2.31. The Balaban J connectivity index is 1.24. The van der Waals surface area contributed by atoms with Crippen LogP contribution in [0.5, 0.6) is 0 Å². The highest BCUT2D eigenvalue weighted by molar-refractivity contribution is 5.94. The fourth-order valence-corrected chi connectivity index (χ4v) is 5.20. The summed E-state index contributed by atoms with van der Waals surface area (Å²) in [5, 5.41) is 13.7. The van der Waals surface area contributed by atoms with Crippen LogP contribution < -0.4 is 5.32 Å². The van der Waals surface area contributed by atoms with Crippen LogP contribution in [-0.4, -0.2) is 39.5 Å². The third-order valence-corrected chi connectivity index (χ3v) is 7.29. The highest BCUT2D eigenvalue weighted by Gasteiger charge is 2.21. The predicted molar refractivity (Wildman–Crippen MR) is 147 cm³/mol. The number of carbonyl (C=O) groups excluding carboxylic acids is 1. The number of piperidine rings is 1. The first kappa shape index (κ1) is 24.8. The summed E-state index contributed by atoms with van der Waals surface area (Å²) in [5.41, 5.74) is 5.40. The quantitative estimate of drug-likeness (QED) is 0.315. The highest BCUT2D eigenvalue weighted by atomic mass is 16.4. The summed E-state index contributed by atoms with van der Waals surface area (Å²) in [7, 11) is 0. The summed E-state index contributed by atoms with van der Waals surface area (Å²) in [6.07, 6.45) is 4.12. The number of carboxylic acids is 1. The fraction of sp³-hybridized carbons (Fsp3) is 0.290. The second-order valence-electron chi connectivity index (χ2n) is 10.2. The van der Waals surface area contributed by atoms with Crippen molar-refractivity contribution in [1.29, 1.82) is 0 Å². The summed E-state index contributed by atoms with van der Waals surface area (Å²) in [6, 6.07) is 23.9. The number of aromatic carboxylic acids is 1. The normalized spacial score (nSPS) is 14.8. The van der Waals surface area contributed by atoms with Crippen molar-refractivity contribution in [2.24, 2.45) is 5.92 Å². The van der Waals surface area contributed by atoms with Gasteiger partial charge < -0.3 is 15.0 Å². The van der Waals surface area contributed by atoms with Gasteiger partial charge in [-0.25, -0.2) is 4.79 Å². The summed E-state index contributed by atoms with van der Waals surface area (Å²) in [5.74, 6) is -0.418. The molecular weight excluding hydrogens is 462 g/mol. The molecule has 0 saturated carbocycles. The van der Waals surface area contributed by atoms with Crippen molar-refractivity contribution in [3.63, 3.8) is 0 Å². The van der Waals surface area contributed by atoms with Crippen molar-refractivity contribution in [3.05, 3.63) is 95.7 Å². The number of fused-ring (bicyclic) bond motifs is 1. The third kappa shape index (κ3) is 5.44. The van der Waals surface area contributed by atoms with E-state index in [2.05, 4.69) is 46.6 Å². The fourth-order valence-electron chi connectivity index (χ4n) is 5.20. The molecule has 0 atom stereocenters. The SMILES string of the molecule is CC(C)C(=O)Nc1cccc(C2CCN(Cc3ccc4c(ccn4-c4ccccc4C(=O)O)c3)CC2)c1. The molecule has 1 fully saturated rings. The van der Waals surface area contributed by atoms with Crippen LogP contribution in [0.4, 0.5) is 5.69 Å². The van der Waals surface area contributed by atoms with E-state index in [4.69, 9.17) is 0 Å². The van der Waals surface area contributed by atoms with E-state index in [-0.39, 0.29) is 11.8 Å². The topological polar surface area (TPSA) is 74.6 Å². The van der Waals surface area contributed by atoms with Crippen LogP contribution in [0.15, 0.2) is 79.0 Å². The van der Waals surface area contributed by atoms with E-state index >= 15 is 0 Å². The summed E-state index contributed by atoms with van der Waals surface area (Å²) < 4.78 is 1.95. The van der Waals surface area contributed by atoms with E-state index in [1.54, 1.807) is 12.1 Å². The molecule has 4 aromatic rings. The zero-order valence-electron chi connectivity index (χ0n) is 21.4. The summed E-state index contributed by atoms with van der Waals surface area (Å²) >= 11 is 0. The number of para-hydroxylation sites is 1. The van der Waals surface area contributed by atoms with Crippen LogP contribution in [0.2, 0.25) is 0 Å². The van der Waals surface area contributed by atoms with E-state index in [1.807, 2.05) is 48.9 Å². The molecule has 1 aliphatic heterocycles. The van der Waals surface area contributed by atoms with E-state index in [0.29, 0.717) is 17.2 Å². The van der Waals surface area contributed by atoms with Gasteiger partial charge in [0, 0.05) is 29.7 Å². The van der Waals surface area contributed by atoms with Crippen molar-refractivity contribution in [2.75, 3.05) is 18.4 Å². The van der Waals surface area contributed by atoms with Crippen LogP contribution in [-0.2, 0) is 11.3 Å². The summed E-state index contributed by atoms with van der Waals surface area (Å²) in [4.78, 5) is 26.3. The van der Waals surface area contributed by atoms with Crippen molar-refractivity contribution in [2.45, 2.75) is 39.2 Å². The van der Waals surface area contributed by atoms with Gasteiger partial charge in [-0.05, 0) is 85.4 Å². The predicted octanol–water partition coefficient (Wildman–Crippen LogP) is 6.30. The van der Waals surface area contributed by atoms with Crippen LogP contribution in [0.25, 0.3) is 16.6 Å². The number of hydrogen-bond acceptors (Lipinski definition) is 3. The number of aromatic nitrogens is 1. The van der Waals surface area contributed by atoms with Gasteiger partial charge in [0.2, 0.25) is 5.91 Å².